The maximum Gasteiger partial charge on any atom is 0.133 e. The molecule has 1 N–H and O–H groups in total. The highest BCUT2D eigenvalue weighted by atomic mass is 16.3. The fourth-order valence-electron chi connectivity index (χ4n) is 7.40. The number of hydrogen-bond acceptors (Lipinski definition) is 2. The fourth-order valence-corrected chi connectivity index (χ4v) is 7.40. The zero-order chi connectivity index (χ0) is 15.3. The third-order valence-corrected chi connectivity index (χ3v) is 8.44. The van der Waals surface area contributed by atoms with Gasteiger partial charge < -0.3 is 5.11 Å². The molecule has 7 atom stereocenters. The number of fused-ring (bicyclic) bond motifs is 5. The molecule has 0 aliphatic heterocycles. The lowest BCUT2D eigenvalue weighted by Crippen LogP contribution is -2.48. The second-order valence-corrected chi connectivity index (χ2v) is 9.05. The molecule has 4 fully saturated rings. The van der Waals surface area contributed by atoms with E-state index in [1.807, 2.05) is 0 Å². The molecule has 2 heteroatoms. The van der Waals surface area contributed by atoms with Gasteiger partial charge in [-0.3, -0.25) is 4.79 Å². The molecule has 2 nitrogen and oxygen atoms in total. The Morgan fingerprint density at radius 1 is 1.05 bits per heavy atom. The smallest absolute Gasteiger partial charge is 0.133 e. The van der Waals surface area contributed by atoms with Crippen LogP contribution < -0.4 is 0 Å². The number of Topliss-reactive ketones (excluding diaryl/α,β-unsaturated/α-hetero) is 1. The van der Waals surface area contributed by atoms with Gasteiger partial charge in [-0.1, -0.05) is 6.92 Å². The minimum absolute atomic E-state index is 0.369. The van der Waals surface area contributed by atoms with Crippen molar-refractivity contribution in [2.75, 3.05) is 6.61 Å². The average molecular weight is 304 g/mol. The zero-order valence-corrected chi connectivity index (χ0v) is 14.1. The van der Waals surface area contributed by atoms with Gasteiger partial charge in [0.25, 0.3) is 0 Å². The van der Waals surface area contributed by atoms with E-state index in [-0.39, 0.29) is 0 Å². The number of aliphatic hydroxyl groups is 1. The maximum absolute atomic E-state index is 11.8. The van der Waals surface area contributed by atoms with Gasteiger partial charge in [0.15, 0.2) is 0 Å². The first-order valence-corrected chi connectivity index (χ1v) is 9.76. The van der Waals surface area contributed by atoms with Crippen molar-refractivity contribution in [3.8, 4) is 0 Å². The first kappa shape index (κ1) is 15.2. The molecule has 0 aromatic carbocycles. The van der Waals surface area contributed by atoms with E-state index in [1.165, 1.54) is 44.9 Å². The SMILES string of the molecule is C[C@]12CCC3C4CCC(=O)CC4CCC3C1CC[C@@H]2CCO. The summed E-state index contributed by atoms with van der Waals surface area (Å²) in [7, 11) is 0. The van der Waals surface area contributed by atoms with Crippen LogP contribution >= 0.6 is 0 Å². The number of hydrogen-bond donors (Lipinski definition) is 1. The van der Waals surface area contributed by atoms with Crippen molar-refractivity contribution < 1.29 is 9.90 Å². The summed E-state index contributed by atoms with van der Waals surface area (Å²) in [6, 6.07) is 0. The first-order chi connectivity index (χ1) is 10.6. The predicted molar refractivity (Wildman–Crippen MR) is 87.3 cm³/mol. The summed E-state index contributed by atoms with van der Waals surface area (Å²) in [6.45, 7) is 2.91. The fraction of sp³-hybridized carbons (Fsp3) is 0.950. The molecule has 0 aromatic heterocycles. The van der Waals surface area contributed by atoms with Gasteiger partial charge in [-0.15, -0.1) is 0 Å². The Balaban J connectivity index is 1.54. The minimum atomic E-state index is 0.369. The van der Waals surface area contributed by atoms with Crippen LogP contribution in [0.25, 0.3) is 0 Å². The van der Waals surface area contributed by atoms with Crippen LogP contribution in [0.1, 0.15) is 71.1 Å². The van der Waals surface area contributed by atoms with Crippen LogP contribution in [0.3, 0.4) is 0 Å². The van der Waals surface area contributed by atoms with Crippen LogP contribution in [0.2, 0.25) is 0 Å². The van der Waals surface area contributed by atoms with Crippen molar-refractivity contribution in [3.05, 3.63) is 0 Å². The van der Waals surface area contributed by atoms with Gasteiger partial charge in [0, 0.05) is 19.4 Å². The van der Waals surface area contributed by atoms with Crippen molar-refractivity contribution in [1.29, 1.82) is 0 Å². The number of ketones is 1. The Labute approximate surface area is 135 Å². The largest absolute Gasteiger partial charge is 0.396 e. The molecule has 4 aliphatic rings. The van der Waals surface area contributed by atoms with Crippen LogP contribution in [0.5, 0.6) is 0 Å². The molecule has 22 heavy (non-hydrogen) atoms. The van der Waals surface area contributed by atoms with Gasteiger partial charge in [0.05, 0.1) is 0 Å². The predicted octanol–water partition coefficient (Wildman–Crippen LogP) is 4.21. The van der Waals surface area contributed by atoms with E-state index < -0.39 is 0 Å². The van der Waals surface area contributed by atoms with E-state index in [0.717, 1.165) is 54.8 Å². The van der Waals surface area contributed by atoms with Gasteiger partial charge >= 0.3 is 0 Å². The Morgan fingerprint density at radius 2 is 1.91 bits per heavy atom. The minimum Gasteiger partial charge on any atom is -0.396 e. The Morgan fingerprint density at radius 3 is 2.73 bits per heavy atom. The standard InChI is InChI=1S/C20H32O2/c1-20-10-8-17-16-6-4-15(22)12-13(16)2-5-18(17)19(20)7-3-14(20)9-11-21/h13-14,16-19,21H,2-12H2,1H3/t13?,14-,16?,17?,18?,19?,20-/m1/s1. The molecule has 0 amide bonds. The second kappa shape index (κ2) is 5.61. The molecule has 5 unspecified atom stereocenters. The highest BCUT2D eigenvalue weighted by molar-refractivity contribution is 5.79. The molecule has 0 heterocycles. The number of carbonyl (C=O) groups is 1. The maximum atomic E-state index is 11.8. The van der Waals surface area contributed by atoms with E-state index in [1.54, 1.807) is 0 Å². The zero-order valence-electron chi connectivity index (χ0n) is 14.1. The van der Waals surface area contributed by atoms with Gasteiger partial charge in [-0.05, 0) is 92.3 Å². The molecular weight excluding hydrogens is 272 g/mol. The molecule has 0 radical (unpaired) electrons. The molecule has 4 aliphatic carbocycles. The normalized spacial score (nSPS) is 51.1. The summed E-state index contributed by atoms with van der Waals surface area (Å²) in [5.41, 5.74) is 0.501. The Bertz CT molecular complexity index is 445. The van der Waals surface area contributed by atoms with Crippen LogP contribution in [0.15, 0.2) is 0 Å². The molecule has 4 rings (SSSR count). The number of aliphatic hydroxyl groups excluding tert-OH is 1. The van der Waals surface area contributed by atoms with Crippen molar-refractivity contribution in [2.45, 2.75) is 71.1 Å². The van der Waals surface area contributed by atoms with E-state index in [2.05, 4.69) is 6.92 Å². The Kier molecular flexibility index (Phi) is 3.87. The summed E-state index contributed by atoms with van der Waals surface area (Å²) in [5, 5.41) is 9.41. The van der Waals surface area contributed by atoms with Crippen LogP contribution in [-0.4, -0.2) is 17.5 Å². The van der Waals surface area contributed by atoms with E-state index in [9.17, 15) is 9.90 Å². The second-order valence-electron chi connectivity index (χ2n) is 9.05. The van der Waals surface area contributed by atoms with Gasteiger partial charge in [-0.25, -0.2) is 0 Å². The van der Waals surface area contributed by atoms with Gasteiger partial charge in [0.2, 0.25) is 0 Å². The molecule has 124 valence electrons. The molecule has 0 bridgehead atoms. The van der Waals surface area contributed by atoms with Crippen molar-refractivity contribution in [3.63, 3.8) is 0 Å². The van der Waals surface area contributed by atoms with E-state index in [0.29, 0.717) is 17.8 Å². The summed E-state index contributed by atoms with van der Waals surface area (Å²) >= 11 is 0. The van der Waals surface area contributed by atoms with E-state index in [4.69, 9.17) is 0 Å². The summed E-state index contributed by atoms with van der Waals surface area (Å²) < 4.78 is 0. The third-order valence-electron chi connectivity index (χ3n) is 8.44. The topological polar surface area (TPSA) is 37.3 Å². The summed E-state index contributed by atoms with van der Waals surface area (Å²) in [4.78, 5) is 11.8. The van der Waals surface area contributed by atoms with Crippen LogP contribution in [0.4, 0.5) is 0 Å². The van der Waals surface area contributed by atoms with Crippen molar-refractivity contribution in [2.24, 2.45) is 40.9 Å². The molecular formula is C20H32O2. The van der Waals surface area contributed by atoms with Crippen molar-refractivity contribution in [1.82, 2.24) is 0 Å². The molecule has 0 aromatic rings. The monoisotopic (exact) mass is 304 g/mol. The average Bonchev–Trinajstić information content (AvgIpc) is 2.84. The number of rotatable bonds is 2. The summed E-state index contributed by atoms with van der Waals surface area (Å²) in [5.74, 6) is 5.62. The van der Waals surface area contributed by atoms with Crippen molar-refractivity contribution >= 4 is 5.78 Å². The van der Waals surface area contributed by atoms with Crippen LogP contribution in [0, 0.1) is 40.9 Å². The number of carbonyl (C=O) groups excluding carboxylic acids is 1. The Hall–Kier alpha value is -0.370. The highest BCUT2D eigenvalue weighted by Crippen LogP contribution is 2.64. The van der Waals surface area contributed by atoms with Crippen LogP contribution in [-0.2, 0) is 4.79 Å². The third kappa shape index (κ3) is 2.20. The molecule has 4 saturated carbocycles. The first-order valence-electron chi connectivity index (χ1n) is 9.76. The molecule has 0 spiro atoms. The van der Waals surface area contributed by atoms with Gasteiger partial charge in [0.1, 0.15) is 5.78 Å². The van der Waals surface area contributed by atoms with E-state index >= 15 is 0 Å². The molecule has 0 saturated heterocycles. The quantitative estimate of drug-likeness (QED) is 0.830. The summed E-state index contributed by atoms with van der Waals surface area (Å²) in [6.07, 6.45) is 12.2. The highest BCUT2D eigenvalue weighted by Gasteiger charge is 2.56. The lowest BCUT2D eigenvalue weighted by Gasteiger charge is -2.55. The lowest BCUT2D eigenvalue weighted by molar-refractivity contribution is -0.127. The lowest BCUT2D eigenvalue weighted by atomic mass is 9.49. The van der Waals surface area contributed by atoms with Gasteiger partial charge in [-0.2, -0.15) is 0 Å².